The van der Waals surface area contributed by atoms with Gasteiger partial charge in [0.25, 0.3) is 0 Å². The van der Waals surface area contributed by atoms with Gasteiger partial charge in [0.1, 0.15) is 11.6 Å². The van der Waals surface area contributed by atoms with Crippen molar-refractivity contribution in [2.45, 2.75) is 26.2 Å². The first-order valence-corrected chi connectivity index (χ1v) is 9.25. The molecule has 0 spiro atoms. The number of carbonyl (C=O) groups is 2. The third kappa shape index (κ3) is 2.92. The second-order valence-corrected chi connectivity index (χ2v) is 6.88. The van der Waals surface area contributed by atoms with Crippen molar-refractivity contribution < 1.29 is 14.7 Å². The minimum atomic E-state index is -1.09. The Bertz CT molecular complexity index is 978. The Kier molecular flexibility index (Phi) is 5.18. The lowest BCUT2D eigenvalue weighted by molar-refractivity contribution is 0.0886. The first-order chi connectivity index (χ1) is 12.5. The number of fused-ring (bicyclic) bond motifs is 2. The topological polar surface area (TPSA) is 67.3 Å². The highest BCUT2D eigenvalue weighted by molar-refractivity contribution is 9.10. The van der Waals surface area contributed by atoms with Crippen LogP contribution < -0.4 is 0 Å². The highest BCUT2D eigenvalue weighted by atomic mass is 79.9. The number of carbonyl (C=O) groups excluding carboxylic acids is 2. The molecule has 5 heteroatoms. The minimum Gasteiger partial charge on any atom is -0.505 e. The van der Waals surface area contributed by atoms with Crippen LogP contribution >= 0.6 is 15.9 Å². The molecule has 4 nitrogen and oxygen atoms in total. The molecular weight excluding hydrogens is 394 g/mol. The maximum absolute atomic E-state index is 12.6. The summed E-state index contributed by atoms with van der Waals surface area (Å²) in [5, 5.41) is 11.2. The van der Waals surface area contributed by atoms with Gasteiger partial charge < -0.3 is 5.11 Å². The predicted octanol–water partition coefficient (Wildman–Crippen LogP) is 5.28. The van der Waals surface area contributed by atoms with E-state index in [1.807, 2.05) is 18.2 Å². The predicted molar refractivity (Wildman–Crippen MR) is 105 cm³/mol. The minimum absolute atomic E-state index is 0.0989. The molecule has 1 aliphatic rings. The third-order valence-corrected chi connectivity index (χ3v) is 4.89. The van der Waals surface area contributed by atoms with Gasteiger partial charge in [-0.15, -0.1) is 0 Å². The van der Waals surface area contributed by atoms with E-state index in [0.29, 0.717) is 21.1 Å². The van der Waals surface area contributed by atoms with E-state index in [-0.39, 0.29) is 23.0 Å². The van der Waals surface area contributed by atoms with E-state index in [1.165, 1.54) is 6.42 Å². The van der Waals surface area contributed by atoms with Crippen molar-refractivity contribution in [1.82, 2.24) is 4.98 Å². The summed E-state index contributed by atoms with van der Waals surface area (Å²) in [5.74, 6) is -1.90. The Morgan fingerprint density at radius 2 is 1.46 bits per heavy atom. The molecule has 2 aromatic carbocycles. The van der Waals surface area contributed by atoms with Gasteiger partial charge in [-0.2, -0.15) is 0 Å². The number of pyridine rings is 1. The average Bonchev–Trinajstić information content (AvgIpc) is 2.90. The van der Waals surface area contributed by atoms with Crippen LogP contribution in [0.5, 0.6) is 5.75 Å². The van der Waals surface area contributed by atoms with Crippen molar-refractivity contribution in [3.05, 3.63) is 69.8 Å². The van der Waals surface area contributed by atoms with Crippen LogP contribution in [-0.4, -0.2) is 21.7 Å². The van der Waals surface area contributed by atoms with E-state index in [2.05, 4.69) is 34.8 Å². The monoisotopic (exact) mass is 411 g/mol. The lowest BCUT2D eigenvalue weighted by Gasteiger charge is -2.12. The van der Waals surface area contributed by atoms with Crippen LogP contribution in [0.3, 0.4) is 0 Å². The molecule has 132 valence electrons. The molecular formula is C21H18BrNO3. The molecule has 26 heavy (non-hydrogen) atoms. The maximum Gasteiger partial charge on any atom is 0.180 e. The normalized spacial score (nSPS) is 13.5. The van der Waals surface area contributed by atoms with E-state index in [1.54, 1.807) is 30.3 Å². The summed E-state index contributed by atoms with van der Waals surface area (Å²) in [6.45, 7) is 4.25. The number of Topliss-reactive ketones (excluding diaryl/α,β-unsaturated/α-hetero) is 2. The number of halogens is 1. The molecule has 0 fully saturated rings. The third-order valence-electron chi connectivity index (χ3n) is 4.09. The summed E-state index contributed by atoms with van der Waals surface area (Å²) >= 11 is 3.34. The van der Waals surface area contributed by atoms with Gasteiger partial charge in [0, 0.05) is 16.5 Å². The van der Waals surface area contributed by atoms with Gasteiger partial charge in [-0.05, 0) is 22.0 Å². The number of benzene rings is 2. The zero-order valence-electron chi connectivity index (χ0n) is 14.5. The van der Waals surface area contributed by atoms with E-state index in [9.17, 15) is 14.7 Å². The molecule has 1 aromatic heterocycles. The second kappa shape index (κ2) is 7.38. The molecule has 4 rings (SSSR count). The molecule has 3 aromatic rings. The van der Waals surface area contributed by atoms with Gasteiger partial charge in [-0.3, -0.25) is 9.59 Å². The number of aromatic hydroxyl groups is 1. The first kappa shape index (κ1) is 18.3. The van der Waals surface area contributed by atoms with E-state index in [0.717, 1.165) is 5.39 Å². The summed E-state index contributed by atoms with van der Waals surface area (Å²) in [5.41, 5.74) is 1.48. The molecule has 1 N–H and O–H groups in total. The number of rotatable bonds is 1. The van der Waals surface area contributed by atoms with E-state index < -0.39 is 5.92 Å². The van der Waals surface area contributed by atoms with Crippen LogP contribution in [0.25, 0.3) is 10.9 Å². The largest absolute Gasteiger partial charge is 0.505 e. The second-order valence-electron chi connectivity index (χ2n) is 6.09. The van der Waals surface area contributed by atoms with Gasteiger partial charge in [0.15, 0.2) is 17.3 Å². The van der Waals surface area contributed by atoms with Crippen molar-refractivity contribution in [3.63, 3.8) is 0 Å². The molecule has 0 aliphatic heterocycles. The Hall–Kier alpha value is -2.53. The van der Waals surface area contributed by atoms with Gasteiger partial charge >= 0.3 is 0 Å². The first-order valence-electron chi connectivity index (χ1n) is 8.45. The SMILES string of the molecule is CCC.O=C1c2ccccc2C(=O)C1c1nc2ccccc2c(Br)c1O. The fraction of sp³-hybridized carbons (Fsp3) is 0.190. The molecule has 1 aliphatic carbocycles. The lowest BCUT2D eigenvalue weighted by atomic mass is 9.97. The summed E-state index contributed by atoms with van der Waals surface area (Å²) < 4.78 is 0.439. The zero-order valence-corrected chi connectivity index (χ0v) is 16.1. The van der Waals surface area contributed by atoms with Crippen LogP contribution in [0.15, 0.2) is 53.0 Å². The number of hydrogen-bond donors (Lipinski definition) is 1. The van der Waals surface area contributed by atoms with Crippen LogP contribution in [-0.2, 0) is 0 Å². The van der Waals surface area contributed by atoms with E-state index >= 15 is 0 Å². The number of para-hydroxylation sites is 1. The summed E-state index contributed by atoms with van der Waals surface area (Å²) in [6, 6.07) is 13.9. The standard InChI is InChI=1S/C18H10BrNO3.C3H8/c19-14-11-7-3-4-8-12(11)20-15(18(14)23)13-16(21)9-5-1-2-6-10(9)17(13)22;1-3-2/h1-8,13,23H;3H2,1-2H3. The summed E-state index contributed by atoms with van der Waals surface area (Å²) in [7, 11) is 0. The van der Waals surface area contributed by atoms with Gasteiger partial charge in [0.05, 0.1) is 9.99 Å². The van der Waals surface area contributed by atoms with Crippen molar-refractivity contribution in [2.24, 2.45) is 0 Å². The maximum atomic E-state index is 12.6. The molecule has 0 saturated carbocycles. The van der Waals surface area contributed by atoms with Crippen molar-refractivity contribution in [3.8, 4) is 5.75 Å². The summed E-state index contributed by atoms with van der Waals surface area (Å²) in [6.07, 6.45) is 1.25. The van der Waals surface area contributed by atoms with Crippen LogP contribution in [0, 0.1) is 0 Å². The molecule has 0 saturated heterocycles. The quantitative estimate of drug-likeness (QED) is 0.552. The van der Waals surface area contributed by atoms with Crippen LogP contribution in [0.1, 0.15) is 52.6 Å². The number of ketones is 2. The number of aromatic nitrogens is 1. The molecule has 0 amide bonds. The fourth-order valence-electron chi connectivity index (χ4n) is 2.97. The van der Waals surface area contributed by atoms with Gasteiger partial charge in [-0.25, -0.2) is 4.98 Å². The van der Waals surface area contributed by atoms with Gasteiger partial charge in [-0.1, -0.05) is 62.7 Å². The smallest absolute Gasteiger partial charge is 0.180 e. The average molecular weight is 412 g/mol. The van der Waals surface area contributed by atoms with Crippen LogP contribution in [0.4, 0.5) is 0 Å². The Balaban J connectivity index is 0.000000613. The number of nitrogens with zero attached hydrogens (tertiary/aromatic N) is 1. The van der Waals surface area contributed by atoms with E-state index in [4.69, 9.17) is 0 Å². The molecule has 0 unspecified atom stereocenters. The Morgan fingerprint density at radius 3 is 2.04 bits per heavy atom. The highest BCUT2D eigenvalue weighted by Gasteiger charge is 2.42. The highest BCUT2D eigenvalue weighted by Crippen LogP contribution is 2.41. The lowest BCUT2D eigenvalue weighted by Crippen LogP contribution is -2.15. The van der Waals surface area contributed by atoms with Crippen molar-refractivity contribution in [2.75, 3.05) is 0 Å². The summed E-state index contributed by atoms with van der Waals surface area (Å²) in [4.78, 5) is 29.6. The fourth-order valence-corrected chi connectivity index (χ4v) is 3.51. The molecule has 0 atom stereocenters. The number of hydrogen-bond acceptors (Lipinski definition) is 4. The van der Waals surface area contributed by atoms with Gasteiger partial charge in [0.2, 0.25) is 0 Å². The van der Waals surface area contributed by atoms with Crippen molar-refractivity contribution >= 4 is 38.4 Å². The Labute approximate surface area is 160 Å². The molecule has 1 heterocycles. The molecule has 0 radical (unpaired) electrons. The Morgan fingerprint density at radius 1 is 0.962 bits per heavy atom. The zero-order chi connectivity index (χ0) is 18.8. The van der Waals surface area contributed by atoms with Crippen molar-refractivity contribution in [1.29, 1.82) is 0 Å². The van der Waals surface area contributed by atoms with Crippen LogP contribution in [0.2, 0.25) is 0 Å². The molecule has 0 bridgehead atoms.